The topological polar surface area (TPSA) is 106 Å². The highest BCUT2D eigenvalue weighted by Crippen LogP contribution is 2.37. The molecule has 3 N–H and O–H groups in total. The summed E-state index contributed by atoms with van der Waals surface area (Å²) < 4.78 is 7.58. The largest absolute Gasteiger partial charge is 0.504 e. The van der Waals surface area contributed by atoms with Crippen LogP contribution in [0.5, 0.6) is 11.5 Å². The molecule has 0 aliphatic heterocycles. The van der Waals surface area contributed by atoms with Crippen molar-refractivity contribution in [3.05, 3.63) is 73.7 Å². The summed E-state index contributed by atoms with van der Waals surface area (Å²) in [5, 5.41) is 11.2. The number of amides is 1. The first-order valence-electron chi connectivity index (χ1n) is 11.0. The Balaban J connectivity index is 1.71. The lowest BCUT2D eigenvalue weighted by molar-refractivity contribution is -0.114. The van der Waals surface area contributed by atoms with Gasteiger partial charge in [-0.1, -0.05) is 30.8 Å². The molecule has 4 aromatic rings. The van der Waals surface area contributed by atoms with E-state index in [2.05, 4.69) is 16.5 Å². The van der Waals surface area contributed by atoms with Gasteiger partial charge in [-0.25, -0.2) is 9.97 Å². The lowest BCUT2D eigenvalue weighted by Gasteiger charge is -2.21. The third-order valence-electron chi connectivity index (χ3n) is 5.39. The molecule has 8 heteroatoms. The van der Waals surface area contributed by atoms with E-state index in [4.69, 9.17) is 10.5 Å². The predicted molar refractivity (Wildman–Crippen MR) is 134 cm³/mol. The number of carbonyl (C=O) groups is 1. The van der Waals surface area contributed by atoms with Crippen molar-refractivity contribution in [3.8, 4) is 22.6 Å². The second-order valence-electron chi connectivity index (χ2n) is 8.07. The van der Waals surface area contributed by atoms with Crippen molar-refractivity contribution in [2.24, 2.45) is 0 Å². The first-order valence-corrected chi connectivity index (χ1v) is 11.0. The van der Waals surface area contributed by atoms with Gasteiger partial charge in [-0.2, -0.15) is 0 Å². The van der Waals surface area contributed by atoms with E-state index in [0.717, 1.165) is 16.8 Å². The molecule has 0 aliphatic carbocycles. The maximum absolute atomic E-state index is 12.5. The van der Waals surface area contributed by atoms with Crippen molar-refractivity contribution in [2.75, 3.05) is 17.2 Å². The molecule has 2 aromatic carbocycles. The van der Waals surface area contributed by atoms with E-state index in [1.54, 1.807) is 17.0 Å². The number of hydrogen-bond acceptors (Lipinski definition) is 6. The molecule has 2 heterocycles. The number of para-hydroxylation sites is 1. The van der Waals surface area contributed by atoms with Gasteiger partial charge in [0.2, 0.25) is 5.91 Å². The molecule has 2 aromatic heterocycles. The van der Waals surface area contributed by atoms with Crippen LogP contribution in [0.25, 0.3) is 22.2 Å². The number of phenolic OH excluding ortho intramolecular Hbond substituents is 1. The Morgan fingerprint density at radius 2 is 2.00 bits per heavy atom. The fourth-order valence-electron chi connectivity index (χ4n) is 3.87. The van der Waals surface area contributed by atoms with Crippen molar-refractivity contribution < 1.29 is 14.6 Å². The first-order chi connectivity index (χ1) is 16.4. The number of aromatic hydroxyl groups is 1. The molecular formula is C26H27N5O3. The Kier molecular flexibility index (Phi) is 6.49. The van der Waals surface area contributed by atoms with E-state index in [9.17, 15) is 9.90 Å². The number of aromatic nitrogens is 3. The minimum absolute atomic E-state index is 0.0364. The van der Waals surface area contributed by atoms with Crippen LogP contribution in [0.15, 0.2) is 73.7 Å². The molecular weight excluding hydrogens is 430 g/mol. The number of fused-ring (bicyclic) bond motifs is 1. The van der Waals surface area contributed by atoms with Gasteiger partial charge in [0.1, 0.15) is 17.8 Å². The van der Waals surface area contributed by atoms with Crippen LogP contribution in [0, 0.1) is 0 Å². The van der Waals surface area contributed by atoms with Crippen LogP contribution in [0.4, 0.5) is 11.5 Å². The number of carbonyl (C=O) groups excluding carboxylic acids is 1. The molecule has 0 saturated carbocycles. The Bertz CT molecular complexity index is 1330. The first kappa shape index (κ1) is 22.8. The number of nitrogen functional groups attached to an aromatic ring is 1. The molecule has 0 fully saturated rings. The van der Waals surface area contributed by atoms with Gasteiger partial charge in [0.15, 0.2) is 11.5 Å². The number of nitrogens with two attached hydrogens (primary N) is 1. The lowest BCUT2D eigenvalue weighted by atomic mass is 10.1. The van der Waals surface area contributed by atoms with Gasteiger partial charge in [0.25, 0.3) is 0 Å². The summed E-state index contributed by atoms with van der Waals surface area (Å²) in [6, 6.07) is 14.7. The highest BCUT2D eigenvalue weighted by molar-refractivity contribution is 6.02. The van der Waals surface area contributed by atoms with Gasteiger partial charge in [-0.15, -0.1) is 0 Å². The molecule has 0 unspecified atom stereocenters. The quantitative estimate of drug-likeness (QED) is 0.380. The summed E-state index contributed by atoms with van der Waals surface area (Å²) in [7, 11) is 0. The van der Waals surface area contributed by atoms with Crippen molar-refractivity contribution in [2.45, 2.75) is 26.5 Å². The molecule has 8 nitrogen and oxygen atoms in total. The van der Waals surface area contributed by atoms with Gasteiger partial charge < -0.3 is 25.0 Å². The number of hydrogen-bond donors (Lipinski definition) is 2. The van der Waals surface area contributed by atoms with Crippen LogP contribution < -0.4 is 15.4 Å². The van der Waals surface area contributed by atoms with E-state index < -0.39 is 0 Å². The third-order valence-corrected chi connectivity index (χ3v) is 5.39. The Morgan fingerprint density at radius 1 is 1.24 bits per heavy atom. The number of benzene rings is 2. The Morgan fingerprint density at radius 3 is 2.68 bits per heavy atom. The second-order valence-corrected chi connectivity index (χ2v) is 8.07. The van der Waals surface area contributed by atoms with Gasteiger partial charge in [0.05, 0.1) is 11.5 Å². The van der Waals surface area contributed by atoms with Crippen LogP contribution in [-0.4, -0.2) is 38.2 Å². The summed E-state index contributed by atoms with van der Waals surface area (Å²) >= 11 is 0. The van der Waals surface area contributed by atoms with Crippen LogP contribution in [0.2, 0.25) is 0 Å². The minimum Gasteiger partial charge on any atom is -0.504 e. The van der Waals surface area contributed by atoms with Crippen molar-refractivity contribution in [1.82, 2.24) is 14.5 Å². The maximum Gasteiger partial charge on any atom is 0.250 e. The molecule has 0 radical (unpaired) electrons. The van der Waals surface area contributed by atoms with Crippen LogP contribution in [0.3, 0.4) is 0 Å². The molecule has 0 atom stereocenters. The smallest absolute Gasteiger partial charge is 0.250 e. The molecule has 174 valence electrons. The summed E-state index contributed by atoms with van der Waals surface area (Å²) in [6.07, 6.45) is 4.57. The number of phenols is 1. The summed E-state index contributed by atoms with van der Waals surface area (Å²) in [5.74, 6) is 0.591. The van der Waals surface area contributed by atoms with E-state index in [-0.39, 0.29) is 17.8 Å². The number of nitrogens with zero attached hydrogens (tertiary/aromatic N) is 4. The van der Waals surface area contributed by atoms with Gasteiger partial charge in [0, 0.05) is 30.5 Å². The highest BCUT2D eigenvalue weighted by atomic mass is 16.5. The summed E-state index contributed by atoms with van der Waals surface area (Å²) in [6.45, 7) is 8.28. The Hall–Kier alpha value is -4.33. The normalized spacial score (nSPS) is 11.0. The predicted octanol–water partition coefficient (Wildman–Crippen LogP) is 4.39. The standard InChI is InChI=1S/C26H27N5O3/c1-4-23(33)31(19-8-6-5-7-9-19)13-12-30-15-20(24-25(27)28-16-29-26(24)30)18-10-11-22(21(32)14-18)34-17(2)3/h4-11,14-17,32H,1,12-13H2,2-3H3,(H2,27,28,29). The zero-order valence-electron chi connectivity index (χ0n) is 19.2. The number of anilines is 2. The third kappa shape index (κ3) is 4.56. The Labute approximate surface area is 197 Å². The van der Waals surface area contributed by atoms with E-state index in [1.807, 2.05) is 61.0 Å². The summed E-state index contributed by atoms with van der Waals surface area (Å²) in [5.41, 5.74) is 9.18. The molecule has 1 amide bonds. The SMILES string of the molecule is C=CC(=O)N(CCn1cc(-c2ccc(OC(C)C)c(O)c2)c2c(N)ncnc21)c1ccccc1. The van der Waals surface area contributed by atoms with E-state index in [0.29, 0.717) is 35.7 Å². The van der Waals surface area contributed by atoms with Gasteiger partial charge >= 0.3 is 0 Å². The molecule has 0 saturated heterocycles. The number of rotatable bonds is 8. The van der Waals surface area contributed by atoms with E-state index >= 15 is 0 Å². The fourth-order valence-corrected chi connectivity index (χ4v) is 3.87. The van der Waals surface area contributed by atoms with Gasteiger partial charge in [-0.05, 0) is 49.8 Å². The van der Waals surface area contributed by atoms with Gasteiger partial charge in [-0.3, -0.25) is 4.79 Å². The summed E-state index contributed by atoms with van der Waals surface area (Å²) in [4.78, 5) is 22.8. The molecule has 0 aliphatic rings. The highest BCUT2D eigenvalue weighted by Gasteiger charge is 2.18. The average molecular weight is 458 g/mol. The molecule has 0 bridgehead atoms. The molecule has 4 rings (SSSR count). The van der Waals surface area contributed by atoms with Crippen molar-refractivity contribution >= 4 is 28.4 Å². The second kappa shape index (κ2) is 9.66. The molecule has 0 spiro atoms. The molecule has 34 heavy (non-hydrogen) atoms. The zero-order valence-corrected chi connectivity index (χ0v) is 19.2. The van der Waals surface area contributed by atoms with Crippen molar-refractivity contribution in [3.63, 3.8) is 0 Å². The monoisotopic (exact) mass is 457 g/mol. The minimum atomic E-state index is -0.192. The lowest BCUT2D eigenvalue weighted by Crippen LogP contribution is -2.32. The maximum atomic E-state index is 12.5. The van der Waals surface area contributed by atoms with Crippen LogP contribution in [0.1, 0.15) is 13.8 Å². The number of ether oxygens (including phenoxy) is 1. The van der Waals surface area contributed by atoms with Crippen molar-refractivity contribution in [1.29, 1.82) is 0 Å². The van der Waals surface area contributed by atoms with E-state index in [1.165, 1.54) is 12.4 Å². The fraction of sp³-hybridized carbons (Fsp3) is 0.192. The van der Waals surface area contributed by atoms with Crippen LogP contribution >= 0.6 is 0 Å². The zero-order chi connectivity index (χ0) is 24.2. The average Bonchev–Trinajstić information content (AvgIpc) is 3.21. The van der Waals surface area contributed by atoms with Crippen LogP contribution in [-0.2, 0) is 11.3 Å².